The number of allylic oxidation sites excluding steroid dienone is 1. The second-order valence-corrected chi connectivity index (χ2v) is 7.78. The fraction of sp³-hybridized carbons (Fsp3) is 0.150. The fourth-order valence-corrected chi connectivity index (χ4v) is 4.73. The van der Waals surface area contributed by atoms with Gasteiger partial charge in [-0.25, -0.2) is 0 Å². The van der Waals surface area contributed by atoms with Gasteiger partial charge in [-0.15, -0.1) is 11.3 Å². The molecule has 1 atom stereocenters. The summed E-state index contributed by atoms with van der Waals surface area (Å²) in [6.07, 6.45) is 0. The number of aromatic nitrogens is 1. The van der Waals surface area contributed by atoms with Gasteiger partial charge in [-0.2, -0.15) is 10.5 Å². The number of ether oxygens (including phenoxy) is 1. The van der Waals surface area contributed by atoms with E-state index in [-0.39, 0.29) is 22.8 Å². The molecule has 29 heavy (non-hydrogen) atoms. The van der Waals surface area contributed by atoms with Crippen molar-refractivity contribution in [1.29, 1.82) is 10.5 Å². The average Bonchev–Trinajstić information content (AvgIpc) is 3.05. The van der Waals surface area contributed by atoms with E-state index in [9.17, 15) is 15.3 Å². The van der Waals surface area contributed by atoms with Gasteiger partial charge in [0.05, 0.1) is 21.7 Å². The normalized spacial score (nSPS) is 15.4. The number of H-pyrrole nitrogens is 1. The minimum atomic E-state index is -0.704. The summed E-state index contributed by atoms with van der Waals surface area (Å²) >= 11 is 7.29. The van der Waals surface area contributed by atoms with Crippen molar-refractivity contribution >= 4 is 38.2 Å². The first-order chi connectivity index (χ1) is 14.0. The molecule has 3 aromatic rings. The molecule has 4 rings (SSSR count). The Hall–Kier alpha value is -3.46. The van der Waals surface area contributed by atoms with Gasteiger partial charge >= 0.3 is 0 Å². The molecule has 4 N–H and O–H groups in total. The maximum Gasteiger partial charge on any atom is 0.256 e. The summed E-state index contributed by atoms with van der Waals surface area (Å²) in [7, 11) is 0. The number of hydrogen-bond donors (Lipinski definition) is 3. The van der Waals surface area contributed by atoms with E-state index in [1.165, 1.54) is 11.3 Å². The Balaban J connectivity index is 2.06. The molecular formula is C20H14ClN5O2S. The number of nitrogens with one attached hydrogen (secondary N) is 2. The van der Waals surface area contributed by atoms with E-state index in [0.29, 0.717) is 37.9 Å². The van der Waals surface area contributed by atoms with Crippen LogP contribution in [0.4, 0.5) is 5.00 Å². The molecule has 1 aromatic carbocycles. The highest BCUT2D eigenvalue weighted by Crippen LogP contribution is 2.47. The number of thiophene rings is 1. The summed E-state index contributed by atoms with van der Waals surface area (Å²) in [5, 5.41) is 23.6. The van der Waals surface area contributed by atoms with Crippen LogP contribution in [0.15, 0.2) is 40.5 Å². The molecule has 0 spiro atoms. The number of anilines is 1. The Morgan fingerprint density at radius 1 is 1.31 bits per heavy atom. The molecule has 0 amide bonds. The average molecular weight is 424 g/mol. The second-order valence-electron chi connectivity index (χ2n) is 6.33. The van der Waals surface area contributed by atoms with Gasteiger partial charge in [0, 0.05) is 11.6 Å². The summed E-state index contributed by atoms with van der Waals surface area (Å²) in [6, 6.07) is 11.1. The van der Waals surface area contributed by atoms with Crippen LogP contribution in [0.1, 0.15) is 29.5 Å². The van der Waals surface area contributed by atoms with Crippen molar-refractivity contribution in [2.24, 2.45) is 5.73 Å². The zero-order valence-corrected chi connectivity index (χ0v) is 16.7. The molecule has 1 aliphatic heterocycles. The molecule has 0 radical (unpaired) electrons. The predicted octanol–water partition coefficient (Wildman–Crippen LogP) is 3.76. The summed E-state index contributed by atoms with van der Waals surface area (Å²) in [5.74, 6) is -0.501. The van der Waals surface area contributed by atoms with Crippen molar-refractivity contribution in [2.75, 3.05) is 11.9 Å². The molecule has 0 saturated heterocycles. The van der Waals surface area contributed by atoms with Gasteiger partial charge in [-0.1, -0.05) is 23.7 Å². The van der Waals surface area contributed by atoms with Gasteiger partial charge in [0.25, 0.3) is 5.56 Å². The minimum absolute atomic E-state index is 0.0660. The first kappa shape index (κ1) is 18.9. The molecule has 0 saturated carbocycles. The number of nitriles is 2. The fourth-order valence-electron chi connectivity index (χ4n) is 3.43. The van der Waals surface area contributed by atoms with Crippen molar-refractivity contribution in [3.8, 4) is 17.9 Å². The van der Waals surface area contributed by atoms with Crippen LogP contribution in [-0.2, 0) is 0 Å². The highest BCUT2D eigenvalue weighted by Gasteiger charge is 2.35. The number of hydrogen-bond acceptors (Lipinski definition) is 7. The maximum absolute atomic E-state index is 13.1. The van der Waals surface area contributed by atoms with E-state index in [1.807, 2.05) is 6.92 Å². The lowest BCUT2D eigenvalue weighted by Gasteiger charge is -2.25. The van der Waals surface area contributed by atoms with Crippen LogP contribution < -0.4 is 21.3 Å². The maximum atomic E-state index is 13.1. The van der Waals surface area contributed by atoms with Gasteiger partial charge in [0.2, 0.25) is 5.88 Å². The number of nitrogens with two attached hydrogens (primary N) is 1. The molecule has 1 aliphatic rings. The third kappa shape index (κ3) is 2.90. The van der Waals surface area contributed by atoms with Crippen LogP contribution in [0.2, 0.25) is 5.02 Å². The van der Waals surface area contributed by atoms with Gasteiger partial charge in [-0.3, -0.25) is 4.79 Å². The molecule has 0 unspecified atom stereocenters. The standard InChI is InChI=1S/C20H14ClN5O2S/c1-2-25-20-12(8-23)15-17(29-20)16-14(19(27)26-15)13(11(7-22)18(24)28-16)9-3-5-10(21)6-4-9/h3-6,13,25H,2,24H2,1H3,(H,26,27)/t13-/m0/s1. The number of pyridine rings is 1. The third-order valence-electron chi connectivity index (χ3n) is 4.67. The Bertz CT molecular complexity index is 1310. The molecule has 144 valence electrons. The number of nitrogens with zero attached hydrogens (tertiary/aromatic N) is 2. The Morgan fingerprint density at radius 3 is 2.66 bits per heavy atom. The van der Waals surface area contributed by atoms with Crippen LogP contribution in [0.3, 0.4) is 0 Å². The molecule has 3 heterocycles. The lowest BCUT2D eigenvalue weighted by atomic mass is 9.84. The molecule has 0 aliphatic carbocycles. The van der Waals surface area contributed by atoms with E-state index >= 15 is 0 Å². The second kappa shape index (κ2) is 7.17. The summed E-state index contributed by atoms with van der Waals surface area (Å²) in [5.41, 5.74) is 7.46. The van der Waals surface area contributed by atoms with Gasteiger partial charge in [0.15, 0.2) is 5.75 Å². The molecule has 9 heteroatoms. The van der Waals surface area contributed by atoms with E-state index < -0.39 is 11.5 Å². The summed E-state index contributed by atoms with van der Waals surface area (Å²) < 4.78 is 6.35. The van der Waals surface area contributed by atoms with Crippen molar-refractivity contribution in [2.45, 2.75) is 12.8 Å². The van der Waals surface area contributed by atoms with Crippen molar-refractivity contribution in [3.63, 3.8) is 0 Å². The van der Waals surface area contributed by atoms with E-state index in [4.69, 9.17) is 22.1 Å². The van der Waals surface area contributed by atoms with Crippen molar-refractivity contribution < 1.29 is 4.74 Å². The van der Waals surface area contributed by atoms with Crippen LogP contribution in [0.5, 0.6) is 5.75 Å². The van der Waals surface area contributed by atoms with Crippen LogP contribution in [0.25, 0.3) is 10.2 Å². The summed E-state index contributed by atoms with van der Waals surface area (Å²) in [4.78, 5) is 15.9. The Labute approximate surface area is 174 Å². The lowest BCUT2D eigenvalue weighted by Crippen LogP contribution is -2.27. The highest BCUT2D eigenvalue weighted by molar-refractivity contribution is 7.23. The zero-order valence-electron chi connectivity index (χ0n) is 15.2. The molecule has 0 bridgehead atoms. The first-order valence-electron chi connectivity index (χ1n) is 8.69. The number of benzene rings is 1. The SMILES string of the molecule is CCNc1sc2c3c(c(=O)[nH]c2c1C#N)[C@@H](c1ccc(Cl)cc1)C(C#N)=C(N)O3. The number of fused-ring (bicyclic) bond motifs is 3. The predicted molar refractivity (Wildman–Crippen MR) is 112 cm³/mol. The van der Waals surface area contributed by atoms with Crippen molar-refractivity contribution in [3.05, 3.63) is 67.8 Å². The smallest absolute Gasteiger partial charge is 0.256 e. The quantitative estimate of drug-likeness (QED) is 0.588. The third-order valence-corrected chi connectivity index (χ3v) is 6.07. The zero-order chi connectivity index (χ0) is 20.7. The van der Waals surface area contributed by atoms with Gasteiger partial charge in [0.1, 0.15) is 28.3 Å². The van der Waals surface area contributed by atoms with Gasteiger partial charge < -0.3 is 20.8 Å². The molecule has 2 aromatic heterocycles. The van der Waals surface area contributed by atoms with Crippen LogP contribution >= 0.6 is 22.9 Å². The Kier molecular flexibility index (Phi) is 4.67. The van der Waals surface area contributed by atoms with Gasteiger partial charge in [-0.05, 0) is 24.6 Å². The molecule has 0 fully saturated rings. The number of rotatable bonds is 3. The monoisotopic (exact) mass is 423 g/mol. The van der Waals surface area contributed by atoms with E-state index in [2.05, 4.69) is 22.4 Å². The first-order valence-corrected chi connectivity index (χ1v) is 9.89. The van der Waals surface area contributed by atoms with E-state index in [0.717, 1.165) is 0 Å². The van der Waals surface area contributed by atoms with E-state index in [1.54, 1.807) is 24.3 Å². The minimum Gasteiger partial charge on any atom is -0.438 e. The largest absolute Gasteiger partial charge is 0.438 e. The number of halogens is 1. The van der Waals surface area contributed by atoms with Crippen LogP contribution in [0, 0.1) is 22.7 Å². The topological polar surface area (TPSA) is 128 Å². The van der Waals surface area contributed by atoms with Crippen LogP contribution in [-0.4, -0.2) is 11.5 Å². The Morgan fingerprint density at radius 2 is 2.03 bits per heavy atom. The molecule has 7 nitrogen and oxygen atoms in total. The summed E-state index contributed by atoms with van der Waals surface area (Å²) in [6.45, 7) is 2.53. The number of aromatic amines is 1. The molecular weight excluding hydrogens is 410 g/mol. The lowest BCUT2D eigenvalue weighted by molar-refractivity contribution is 0.397. The van der Waals surface area contributed by atoms with Crippen molar-refractivity contribution in [1.82, 2.24) is 4.98 Å². The highest BCUT2D eigenvalue weighted by atomic mass is 35.5.